The largest absolute Gasteiger partial charge is 0.457 e. The molecule has 0 fully saturated rings. The van der Waals surface area contributed by atoms with E-state index >= 15 is 0 Å². The number of benzene rings is 1. The van der Waals surface area contributed by atoms with Gasteiger partial charge in [0, 0.05) is 12.4 Å². The lowest BCUT2D eigenvalue weighted by atomic mass is 9.81. The second-order valence-electron chi connectivity index (χ2n) is 4.38. The highest BCUT2D eigenvalue weighted by atomic mass is 19.4. The lowest BCUT2D eigenvalue weighted by Crippen LogP contribution is -2.55. The van der Waals surface area contributed by atoms with Gasteiger partial charge in [-0.05, 0) is 23.3 Å². The normalized spacial score (nSPS) is 15.5. The van der Waals surface area contributed by atoms with Crippen molar-refractivity contribution in [3.8, 4) is 0 Å². The molecule has 0 bridgehead atoms. The first-order chi connectivity index (χ1) is 9.71. The van der Waals surface area contributed by atoms with Crippen LogP contribution >= 0.6 is 0 Å². The fourth-order valence-electron chi connectivity index (χ4n) is 2.01. The predicted octanol–water partition coefficient (Wildman–Crippen LogP) is 3.52. The van der Waals surface area contributed by atoms with Crippen molar-refractivity contribution in [2.45, 2.75) is 17.7 Å². The number of aliphatic hydroxyl groups is 1. The zero-order chi connectivity index (χ0) is 15.7. The van der Waals surface area contributed by atoms with Gasteiger partial charge in [0.1, 0.15) is 0 Å². The monoisotopic (exact) mass is 303 g/mol. The van der Waals surface area contributed by atoms with Crippen LogP contribution in [0, 0.1) is 0 Å². The maximum atomic E-state index is 14.0. The van der Waals surface area contributed by atoms with Crippen LogP contribution < -0.4 is 0 Å². The van der Waals surface area contributed by atoms with E-state index in [2.05, 4.69) is 4.98 Å². The molecule has 2 nitrogen and oxygen atoms in total. The van der Waals surface area contributed by atoms with Gasteiger partial charge >= 0.3 is 12.1 Å². The smallest absolute Gasteiger partial charge is 0.374 e. The second-order valence-corrected chi connectivity index (χ2v) is 4.38. The van der Waals surface area contributed by atoms with Crippen LogP contribution in [0.25, 0.3) is 0 Å². The lowest BCUT2D eigenvalue weighted by Gasteiger charge is -2.37. The maximum absolute atomic E-state index is 14.0. The zero-order valence-electron chi connectivity index (χ0n) is 10.5. The van der Waals surface area contributed by atoms with Crippen LogP contribution in [0.3, 0.4) is 0 Å². The van der Waals surface area contributed by atoms with Crippen LogP contribution in [-0.4, -0.2) is 22.2 Å². The number of rotatable bonds is 3. The van der Waals surface area contributed by atoms with Crippen molar-refractivity contribution in [3.63, 3.8) is 0 Å². The molecule has 0 radical (unpaired) electrons. The summed E-state index contributed by atoms with van der Waals surface area (Å²) in [6, 6.07) is 7.86. The van der Waals surface area contributed by atoms with Crippen LogP contribution in [-0.2, 0) is 5.60 Å². The molecular formula is C14H10F5NO. The van der Waals surface area contributed by atoms with E-state index < -0.39 is 28.8 Å². The third kappa shape index (κ3) is 2.37. The Hall–Kier alpha value is -2.02. The Labute approximate surface area is 116 Å². The Morgan fingerprint density at radius 1 is 0.762 bits per heavy atom. The zero-order valence-corrected chi connectivity index (χ0v) is 10.5. The molecule has 1 N–H and O–H groups in total. The number of halogens is 5. The molecule has 7 heteroatoms. The maximum Gasteiger partial charge on any atom is 0.457 e. The van der Waals surface area contributed by atoms with Gasteiger partial charge in [0.2, 0.25) is 0 Å². The molecule has 0 saturated carbocycles. The summed E-state index contributed by atoms with van der Waals surface area (Å²) in [5, 5.41) is 10.3. The highest BCUT2D eigenvalue weighted by Crippen LogP contribution is 2.51. The number of pyridine rings is 1. The van der Waals surface area contributed by atoms with Gasteiger partial charge in [-0.25, -0.2) is 0 Å². The van der Waals surface area contributed by atoms with Crippen LogP contribution in [0.5, 0.6) is 0 Å². The molecule has 0 aliphatic carbocycles. The van der Waals surface area contributed by atoms with Crippen molar-refractivity contribution in [2.75, 3.05) is 0 Å². The Morgan fingerprint density at radius 3 is 1.71 bits per heavy atom. The average Bonchev–Trinajstić information content (AvgIpc) is 2.47. The van der Waals surface area contributed by atoms with Gasteiger partial charge in [-0.3, -0.25) is 4.98 Å². The van der Waals surface area contributed by atoms with Gasteiger partial charge in [-0.15, -0.1) is 0 Å². The van der Waals surface area contributed by atoms with E-state index in [0.717, 1.165) is 36.7 Å². The highest BCUT2D eigenvalue weighted by molar-refractivity contribution is 5.38. The number of hydrogen-bond donors (Lipinski definition) is 1. The summed E-state index contributed by atoms with van der Waals surface area (Å²) < 4.78 is 66.2. The summed E-state index contributed by atoms with van der Waals surface area (Å²) in [6.07, 6.45) is -3.84. The third-order valence-electron chi connectivity index (χ3n) is 3.10. The molecule has 21 heavy (non-hydrogen) atoms. The molecule has 2 rings (SSSR count). The van der Waals surface area contributed by atoms with E-state index in [1.165, 1.54) is 18.2 Å². The van der Waals surface area contributed by atoms with Gasteiger partial charge in [-0.2, -0.15) is 22.0 Å². The number of aromatic nitrogens is 1. The van der Waals surface area contributed by atoms with Gasteiger partial charge in [-0.1, -0.05) is 30.3 Å². The predicted molar refractivity (Wildman–Crippen MR) is 64.7 cm³/mol. The number of hydrogen-bond acceptors (Lipinski definition) is 2. The molecule has 0 unspecified atom stereocenters. The van der Waals surface area contributed by atoms with Crippen molar-refractivity contribution >= 4 is 0 Å². The molecule has 0 aliphatic heterocycles. The SMILES string of the molecule is O[C@](c1ccccc1)(c1ccncc1)C(F)(F)C(F)(F)F. The molecule has 112 valence electrons. The van der Waals surface area contributed by atoms with Crippen molar-refractivity contribution in [3.05, 3.63) is 66.0 Å². The Morgan fingerprint density at radius 2 is 1.24 bits per heavy atom. The standard InChI is InChI=1S/C14H10F5NO/c15-13(16,14(17,18)19)12(21,10-4-2-1-3-5-10)11-6-8-20-9-7-11/h1-9,21H/t12-/m1/s1. The van der Waals surface area contributed by atoms with Gasteiger partial charge in [0.05, 0.1) is 0 Å². The summed E-state index contributed by atoms with van der Waals surface area (Å²) in [4.78, 5) is 3.56. The molecule has 1 aromatic carbocycles. The van der Waals surface area contributed by atoms with Gasteiger partial charge in [0.25, 0.3) is 0 Å². The Bertz CT molecular complexity index is 558. The van der Waals surface area contributed by atoms with E-state index in [0.29, 0.717) is 0 Å². The number of alkyl halides is 5. The van der Waals surface area contributed by atoms with Crippen molar-refractivity contribution in [1.82, 2.24) is 4.98 Å². The second kappa shape index (κ2) is 5.07. The fraction of sp³-hybridized carbons (Fsp3) is 0.214. The van der Waals surface area contributed by atoms with E-state index in [1.807, 2.05) is 0 Å². The molecular weight excluding hydrogens is 293 g/mol. The lowest BCUT2D eigenvalue weighted by molar-refractivity contribution is -0.336. The minimum Gasteiger partial charge on any atom is -0.374 e. The minimum absolute atomic E-state index is 0.557. The molecule has 1 aromatic heterocycles. The van der Waals surface area contributed by atoms with Crippen molar-refractivity contribution in [2.24, 2.45) is 0 Å². The Balaban J connectivity index is 2.73. The third-order valence-corrected chi connectivity index (χ3v) is 3.10. The first kappa shape index (κ1) is 15.4. The summed E-state index contributed by atoms with van der Waals surface area (Å²) in [6.45, 7) is 0. The van der Waals surface area contributed by atoms with E-state index in [1.54, 1.807) is 0 Å². The highest BCUT2D eigenvalue weighted by Gasteiger charge is 2.71. The van der Waals surface area contributed by atoms with Gasteiger partial charge in [0.15, 0.2) is 5.60 Å². The fourth-order valence-corrected chi connectivity index (χ4v) is 2.01. The van der Waals surface area contributed by atoms with Gasteiger partial charge < -0.3 is 5.11 Å². The van der Waals surface area contributed by atoms with Crippen LogP contribution in [0.15, 0.2) is 54.9 Å². The van der Waals surface area contributed by atoms with Crippen molar-refractivity contribution < 1.29 is 27.1 Å². The number of nitrogens with zero attached hydrogens (tertiary/aromatic N) is 1. The molecule has 0 amide bonds. The molecule has 1 atom stereocenters. The summed E-state index contributed by atoms with van der Waals surface area (Å²) in [5.41, 5.74) is -4.68. The van der Waals surface area contributed by atoms with Crippen LogP contribution in [0.1, 0.15) is 11.1 Å². The average molecular weight is 303 g/mol. The van der Waals surface area contributed by atoms with E-state index in [9.17, 15) is 27.1 Å². The molecule has 0 saturated heterocycles. The Kier molecular flexibility index (Phi) is 3.71. The molecule has 2 aromatic rings. The molecule has 0 spiro atoms. The molecule has 1 heterocycles. The van der Waals surface area contributed by atoms with E-state index in [4.69, 9.17) is 0 Å². The van der Waals surface area contributed by atoms with Crippen LogP contribution in [0.4, 0.5) is 22.0 Å². The summed E-state index contributed by atoms with van der Waals surface area (Å²) in [7, 11) is 0. The summed E-state index contributed by atoms with van der Waals surface area (Å²) >= 11 is 0. The first-order valence-corrected chi connectivity index (χ1v) is 5.84. The quantitative estimate of drug-likeness (QED) is 0.880. The van der Waals surface area contributed by atoms with Crippen LogP contribution in [0.2, 0.25) is 0 Å². The first-order valence-electron chi connectivity index (χ1n) is 5.84. The van der Waals surface area contributed by atoms with Crippen molar-refractivity contribution in [1.29, 1.82) is 0 Å². The molecule has 0 aliphatic rings. The van der Waals surface area contributed by atoms with E-state index in [-0.39, 0.29) is 0 Å². The summed E-state index contributed by atoms with van der Waals surface area (Å²) in [5.74, 6) is -5.37. The topological polar surface area (TPSA) is 33.1 Å². The minimum atomic E-state index is -5.92.